The number of hydrogen-bond acceptors (Lipinski definition) is 4. The molecule has 0 aromatic rings. The van der Waals surface area contributed by atoms with Crippen molar-refractivity contribution in [2.45, 2.75) is 83.7 Å². The minimum Gasteiger partial charge on any atom is -0.550 e. The van der Waals surface area contributed by atoms with Crippen LogP contribution < -0.4 is 5.11 Å². The van der Waals surface area contributed by atoms with Gasteiger partial charge in [0, 0.05) is 18.8 Å². The van der Waals surface area contributed by atoms with Crippen molar-refractivity contribution in [3.63, 3.8) is 0 Å². The van der Waals surface area contributed by atoms with Crippen molar-refractivity contribution in [3.8, 4) is 0 Å². The highest BCUT2D eigenvalue weighted by molar-refractivity contribution is 5.70. The average Bonchev–Trinajstić information content (AvgIpc) is 2.50. The topological polar surface area (TPSA) is 66.4 Å². The zero-order valence-corrected chi connectivity index (χ0v) is 17.3. The lowest BCUT2D eigenvalue weighted by atomic mass is 10.1. The molecule has 0 saturated carbocycles. The molecule has 0 heterocycles. The van der Waals surface area contributed by atoms with E-state index in [1.54, 1.807) is 0 Å². The van der Waals surface area contributed by atoms with Gasteiger partial charge in [-0.05, 0) is 25.7 Å². The van der Waals surface area contributed by atoms with E-state index in [1.807, 2.05) is 21.1 Å². The Balaban J connectivity index is 3.85. The van der Waals surface area contributed by atoms with Crippen LogP contribution in [0.1, 0.15) is 77.6 Å². The lowest BCUT2D eigenvalue weighted by molar-refractivity contribution is -0.873. The Labute approximate surface area is 160 Å². The van der Waals surface area contributed by atoms with Crippen LogP contribution in [0.5, 0.6) is 0 Å². The number of nitrogens with zero attached hydrogens (tertiary/aromatic N) is 1. The maximum atomic E-state index is 11.9. The van der Waals surface area contributed by atoms with Crippen LogP contribution in [0, 0.1) is 0 Å². The molecule has 0 saturated heterocycles. The first-order chi connectivity index (χ1) is 12.2. The molecule has 0 N–H and O–H groups in total. The van der Waals surface area contributed by atoms with Gasteiger partial charge < -0.3 is 19.1 Å². The fourth-order valence-electron chi connectivity index (χ4n) is 2.83. The molecule has 0 amide bonds. The maximum Gasteiger partial charge on any atom is 0.306 e. The summed E-state index contributed by atoms with van der Waals surface area (Å²) in [4.78, 5) is 22.7. The summed E-state index contributed by atoms with van der Waals surface area (Å²) in [6, 6.07) is 0. The summed E-state index contributed by atoms with van der Waals surface area (Å²) in [5.74, 6) is -1.51. The van der Waals surface area contributed by atoms with E-state index in [-0.39, 0.29) is 12.4 Å². The van der Waals surface area contributed by atoms with Crippen LogP contribution in [0.2, 0.25) is 0 Å². The van der Waals surface area contributed by atoms with Crippen molar-refractivity contribution in [1.82, 2.24) is 0 Å². The summed E-state index contributed by atoms with van der Waals surface area (Å²) in [6.07, 6.45) is 14.3. The molecular weight excluding hydrogens is 330 g/mol. The number of unbranched alkanes of at least 4 members (excludes halogenated alkanes) is 7. The van der Waals surface area contributed by atoms with Gasteiger partial charge in [0.05, 0.1) is 21.1 Å². The fourth-order valence-corrected chi connectivity index (χ4v) is 2.83. The molecule has 5 nitrogen and oxygen atoms in total. The van der Waals surface area contributed by atoms with Gasteiger partial charge in [-0.15, -0.1) is 0 Å². The third kappa shape index (κ3) is 17.5. The van der Waals surface area contributed by atoms with Crippen molar-refractivity contribution >= 4 is 11.9 Å². The summed E-state index contributed by atoms with van der Waals surface area (Å²) in [6.45, 7) is 2.68. The van der Waals surface area contributed by atoms with E-state index >= 15 is 0 Å². The molecule has 0 aromatic heterocycles. The minimum atomic E-state index is -1.19. The van der Waals surface area contributed by atoms with Gasteiger partial charge in [0.15, 0.2) is 6.10 Å². The highest BCUT2D eigenvalue weighted by Gasteiger charge is 2.22. The number of carbonyl (C=O) groups is 2. The number of ether oxygens (including phenoxy) is 1. The first kappa shape index (κ1) is 24.6. The molecule has 26 heavy (non-hydrogen) atoms. The number of likely N-dealkylation sites (N-methyl/N-ethyl adjacent to an activating group) is 1. The Bertz CT molecular complexity index is 413. The second kappa shape index (κ2) is 14.8. The lowest BCUT2D eigenvalue weighted by Crippen LogP contribution is -2.45. The highest BCUT2D eigenvalue weighted by Crippen LogP contribution is 2.09. The van der Waals surface area contributed by atoms with E-state index in [0.29, 0.717) is 17.4 Å². The summed E-state index contributed by atoms with van der Waals surface area (Å²) >= 11 is 0. The molecule has 0 bridgehead atoms. The summed E-state index contributed by atoms with van der Waals surface area (Å²) in [5.41, 5.74) is 0. The summed E-state index contributed by atoms with van der Waals surface area (Å²) < 4.78 is 5.86. The molecule has 0 aliphatic carbocycles. The third-order valence-corrected chi connectivity index (χ3v) is 4.09. The van der Waals surface area contributed by atoms with Crippen molar-refractivity contribution < 1.29 is 23.9 Å². The quantitative estimate of drug-likeness (QED) is 0.181. The number of carboxylic acid groups (broad SMARTS) is 1. The Kier molecular flexibility index (Phi) is 14.0. The lowest BCUT2D eigenvalue weighted by Gasteiger charge is -2.29. The number of carbonyl (C=O) groups excluding carboxylic acids is 2. The largest absolute Gasteiger partial charge is 0.550 e. The smallest absolute Gasteiger partial charge is 0.306 e. The molecule has 5 heteroatoms. The SMILES string of the molecule is CCCCCCCC/C=C\CCCC(=O)O[C@H](CC(=O)[O-])C[N+](C)(C)C. The molecule has 0 fully saturated rings. The van der Waals surface area contributed by atoms with Crippen LogP contribution in [0.4, 0.5) is 0 Å². The van der Waals surface area contributed by atoms with Crippen LogP contribution in [0.15, 0.2) is 12.2 Å². The number of allylic oxidation sites excluding steroid dienone is 2. The van der Waals surface area contributed by atoms with Gasteiger partial charge in [-0.2, -0.15) is 0 Å². The van der Waals surface area contributed by atoms with Crippen LogP contribution in [-0.4, -0.2) is 50.2 Å². The van der Waals surface area contributed by atoms with E-state index in [4.69, 9.17) is 4.74 Å². The molecule has 0 radical (unpaired) electrons. The predicted octanol–water partition coefficient (Wildman–Crippen LogP) is 3.22. The molecular formula is C21H39NO4. The number of carboxylic acids is 1. The van der Waals surface area contributed by atoms with Crippen LogP contribution in [0.3, 0.4) is 0 Å². The van der Waals surface area contributed by atoms with Crippen LogP contribution in [0.25, 0.3) is 0 Å². The number of quaternary nitrogens is 1. The zero-order valence-electron chi connectivity index (χ0n) is 17.3. The first-order valence-electron chi connectivity index (χ1n) is 10.1. The Morgan fingerprint density at radius 1 is 0.962 bits per heavy atom. The van der Waals surface area contributed by atoms with E-state index in [1.165, 1.54) is 38.5 Å². The van der Waals surface area contributed by atoms with Gasteiger partial charge >= 0.3 is 5.97 Å². The number of esters is 1. The molecule has 0 aliphatic rings. The van der Waals surface area contributed by atoms with E-state index < -0.39 is 12.1 Å². The van der Waals surface area contributed by atoms with E-state index in [9.17, 15) is 14.7 Å². The van der Waals surface area contributed by atoms with Crippen molar-refractivity contribution in [3.05, 3.63) is 12.2 Å². The van der Waals surface area contributed by atoms with Crippen LogP contribution in [-0.2, 0) is 14.3 Å². The normalized spacial score (nSPS) is 13.1. The van der Waals surface area contributed by atoms with Gasteiger partial charge in [-0.3, -0.25) is 4.79 Å². The van der Waals surface area contributed by atoms with Gasteiger partial charge in [0.2, 0.25) is 0 Å². The molecule has 0 rings (SSSR count). The van der Waals surface area contributed by atoms with Crippen molar-refractivity contribution in [1.29, 1.82) is 0 Å². The Morgan fingerprint density at radius 3 is 2.12 bits per heavy atom. The number of rotatable bonds is 16. The van der Waals surface area contributed by atoms with Gasteiger partial charge in [-0.1, -0.05) is 51.2 Å². The molecule has 0 unspecified atom stereocenters. The summed E-state index contributed by atoms with van der Waals surface area (Å²) in [7, 11) is 5.81. The average molecular weight is 370 g/mol. The van der Waals surface area contributed by atoms with Gasteiger partial charge in [0.25, 0.3) is 0 Å². The Hall–Kier alpha value is -1.36. The molecule has 0 spiro atoms. The molecule has 0 aliphatic heterocycles. The molecule has 152 valence electrons. The first-order valence-corrected chi connectivity index (χ1v) is 10.1. The summed E-state index contributed by atoms with van der Waals surface area (Å²) in [5, 5.41) is 10.8. The Morgan fingerprint density at radius 2 is 1.54 bits per heavy atom. The second-order valence-electron chi connectivity index (χ2n) is 8.08. The minimum absolute atomic E-state index is 0.251. The molecule has 1 atom stereocenters. The van der Waals surface area contributed by atoms with Crippen molar-refractivity contribution in [2.24, 2.45) is 0 Å². The van der Waals surface area contributed by atoms with Gasteiger partial charge in [-0.25, -0.2) is 0 Å². The zero-order chi connectivity index (χ0) is 19.8. The highest BCUT2D eigenvalue weighted by atomic mass is 16.5. The monoisotopic (exact) mass is 369 g/mol. The van der Waals surface area contributed by atoms with Gasteiger partial charge in [0.1, 0.15) is 6.54 Å². The van der Waals surface area contributed by atoms with Crippen LogP contribution >= 0.6 is 0 Å². The number of hydrogen-bond donors (Lipinski definition) is 0. The fraction of sp³-hybridized carbons (Fsp3) is 0.810. The third-order valence-electron chi connectivity index (χ3n) is 4.09. The second-order valence-corrected chi connectivity index (χ2v) is 8.08. The number of aliphatic carboxylic acids is 1. The standard InChI is InChI=1S/C21H39NO4/c1-5-6-7-8-9-10-11-12-13-14-15-16-21(25)26-19(17-20(23)24)18-22(2,3)4/h12-13,19H,5-11,14-18H2,1-4H3/b13-12-/t19-/m1/s1. The molecule has 0 aromatic carbocycles. The van der Waals surface area contributed by atoms with E-state index in [0.717, 1.165) is 19.3 Å². The maximum absolute atomic E-state index is 11.9. The van der Waals surface area contributed by atoms with Crippen molar-refractivity contribution in [2.75, 3.05) is 27.7 Å². The predicted molar refractivity (Wildman–Crippen MR) is 103 cm³/mol. The van der Waals surface area contributed by atoms with E-state index in [2.05, 4.69) is 19.1 Å².